The maximum Gasteiger partial charge on any atom is 0.253 e. The molecule has 2 aromatic rings. The minimum Gasteiger partial charge on any atom is -0.399 e. The lowest BCUT2D eigenvalue weighted by atomic mass is 10.1. The van der Waals surface area contributed by atoms with E-state index in [1.807, 2.05) is 0 Å². The first-order chi connectivity index (χ1) is 8.66. The molecule has 1 aromatic carbocycles. The average molecular weight is 243 g/mol. The Bertz CT molecular complexity index is 556. The number of hydrogen-bond acceptors (Lipinski definition) is 5. The van der Waals surface area contributed by atoms with Crippen molar-refractivity contribution in [1.29, 1.82) is 0 Å². The first-order valence-electron chi connectivity index (χ1n) is 5.35. The Kier molecular flexibility index (Phi) is 3.38. The van der Waals surface area contributed by atoms with Crippen LogP contribution < -0.4 is 16.8 Å². The monoisotopic (exact) mass is 243 g/mol. The van der Waals surface area contributed by atoms with E-state index in [0.29, 0.717) is 23.5 Å². The largest absolute Gasteiger partial charge is 0.399 e. The van der Waals surface area contributed by atoms with Gasteiger partial charge in [0.2, 0.25) is 0 Å². The summed E-state index contributed by atoms with van der Waals surface area (Å²) in [5.74, 6) is -0.258. The number of nitrogens with one attached hydrogen (secondary N) is 1. The van der Waals surface area contributed by atoms with Crippen LogP contribution in [-0.2, 0) is 6.54 Å². The quantitative estimate of drug-likeness (QED) is 0.683. The van der Waals surface area contributed by atoms with Crippen molar-refractivity contribution >= 4 is 17.3 Å². The number of rotatable bonds is 3. The first-order valence-corrected chi connectivity index (χ1v) is 5.35. The standard InChI is InChI=1S/C12H13N5O/c13-8-1-2-10(11(14)5-8)12(18)16-6-9-3-4-15-7-17-9/h1-5,7H,6,13-14H2,(H,16,18). The molecule has 92 valence electrons. The van der Waals surface area contributed by atoms with Crippen LogP contribution in [0, 0.1) is 0 Å². The van der Waals surface area contributed by atoms with Gasteiger partial charge in [-0.15, -0.1) is 0 Å². The minimum absolute atomic E-state index is 0.258. The molecule has 5 N–H and O–H groups in total. The van der Waals surface area contributed by atoms with Crippen LogP contribution in [0.3, 0.4) is 0 Å². The Labute approximate surface area is 104 Å². The van der Waals surface area contributed by atoms with Gasteiger partial charge in [-0.05, 0) is 24.3 Å². The molecular weight excluding hydrogens is 230 g/mol. The van der Waals surface area contributed by atoms with Crippen LogP contribution in [-0.4, -0.2) is 15.9 Å². The molecule has 18 heavy (non-hydrogen) atoms. The molecule has 0 spiro atoms. The number of carbonyl (C=O) groups excluding carboxylic acids is 1. The maximum absolute atomic E-state index is 11.9. The van der Waals surface area contributed by atoms with E-state index in [9.17, 15) is 4.79 Å². The number of nitrogen functional groups attached to an aromatic ring is 2. The van der Waals surface area contributed by atoms with Crippen molar-refractivity contribution in [1.82, 2.24) is 15.3 Å². The minimum atomic E-state index is -0.258. The number of aromatic nitrogens is 2. The first kappa shape index (κ1) is 11.8. The highest BCUT2D eigenvalue weighted by molar-refractivity contribution is 5.99. The molecule has 6 heteroatoms. The predicted octanol–water partition coefficient (Wildman–Crippen LogP) is 0.571. The molecular formula is C12H13N5O. The number of benzene rings is 1. The molecule has 0 radical (unpaired) electrons. The summed E-state index contributed by atoms with van der Waals surface area (Å²) in [5.41, 5.74) is 13.3. The summed E-state index contributed by atoms with van der Waals surface area (Å²) in [4.78, 5) is 19.7. The lowest BCUT2D eigenvalue weighted by molar-refractivity contribution is 0.0951. The van der Waals surface area contributed by atoms with Crippen molar-refractivity contribution in [3.63, 3.8) is 0 Å². The normalized spacial score (nSPS) is 10.0. The highest BCUT2D eigenvalue weighted by Gasteiger charge is 2.09. The van der Waals surface area contributed by atoms with Crippen molar-refractivity contribution in [3.05, 3.63) is 48.0 Å². The maximum atomic E-state index is 11.9. The molecule has 0 aliphatic rings. The van der Waals surface area contributed by atoms with E-state index in [4.69, 9.17) is 11.5 Å². The molecule has 2 rings (SSSR count). The van der Waals surface area contributed by atoms with Crippen LogP contribution in [0.15, 0.2) is 36.8 Å². The predicted molar refractivity (Wildman–Crippen MR) is 68.5 cm³/mol. The van der Waals surface area contributed by atoms with Crippen LogP contribution in [0.2, 0.25) is 0 Å². The third-order valence-electron chi connectivity index (χ3n) is 2.39. The number of nitrogens with zero attached hydrogens (tertiary/aromatic N) is 2. The number of carbonyl (C=O) groups is 1. The summed E-state index contributed by atoms with van der Waals surface area (Å²) >= 11 is 0. The molecule has 0 unspecified atom stereocenters. The Morgan fingerprint density at radius 1 is 1.28 bits per heavy atom. The fourth-order valence-corrected chi connectivity index (χ4v) is 1.48. The summed E-state index contributed by atoms with van der Waals surface area (Å²) in [7, 11) is 0. The molecule has 0 bridgehead atoms. The zero-order valence-electron chi connectivity index (χ0n) is 9.63. The number of nitrogens with two attached hydrogens (primary N) is 2. The Balaban J connectivity index is 2.04. The fraction of sp³-hybridized carbons (Fsp3) is 0.0833. The van der Waals surface area contributed by atoms with E-state index in [0.717, 1.165) is 5.69 Å². The second-order valence-electron chi connectivity index (χ2n) is 3.73. The zero-order chi connectivity index (χ0) is 13.0. The van der Waals surface area contributed by atoms with Gasteiger partial charge in [-0.3, -0.25) is 4.79 Å². The van der Waals surface area contributed by atoms with E-state index in [2.05, 4.69) is 15.3 Å². The molecule has 1 aromatic heterocycles. The summed E-state index contributed by atoms with van der Waals surface area (Å²) in [6, 6.07) is 6.52. The van der Waals surface area contributed by atoms with Crippen molar-refractivity contribution in [2.75, 3.05) is 11.5 Å². The highest BCUT2D eigenvalue weighted by Crippen LogP contribution is 2.15. The van der Waals surface area contributed by atoms with E-state index >= 15 is 0 Å². The molecule has 0 atom stereocenters. The zero-order valence-corrected chi connectivity index (χ0v) is 9.63. The fourth-order valence-electron chi connectivity index (χ4n) is 1.48. The van der Waals surface area contributed by atoms with Crippen LogP contribution >= 0.6 is 0 Å². The van der Waals surface area contributed by atoms with E-state index < -0.39 is 0 Å². The van der Waals surface area contributed by atoms with Gasteiger partial charge in [0.25, 0.3) is 5.91 Å². The highest BCUT2D eigenvalue weighted by atomic mass is 16.1. The summed E-state index contributed by atoms with van der Waals surface area (Å²) in [6.45, 7) is 0.325. The smallest absolute Gasteiger partial charge is 0.253 e. The second-order valence-corrected chi connectivity index (χ2v) is 3.73. The van der Waals surface area contributed by atoms with Gasteiger partial charge in [0.15, 0.2) is 0 Å². The molecule has 0 aliphatic heterocycles. The molecule has 0 fully saturated rings. The van der Waals surface area contributed by atoms with E-state index in [1.54, 1.807) is 30.5 Å². The van der Waals surface area contributed by atoms with E-state index in [1.165, 1.54) is 6.33 Å². The molecule has 6 nitrogen and oxygen atoms in total. The molecule has 0 saturated carbocycles. The van der Waals surface area contributed by atoms with Crippen molar-refractivity contribution < 1.29 is 4.79 Å². The lowest BCUT2D eigenvalue weighted by Gasteiger charge is -2.07. The molecule has 1 amide bonds. The Morgan fingerprint density at radius 2 is 2.11 bits per heavy atom. The lowest BCUT2D eigenvalue weighted by Crippen LogP contribution is -2.24. The van der Waals surface area contributed by atoms with Gasteiger partial charge in [-0.25, -0.2) is 9.97 Å². The van der Waals surface area contributed by atoms with Gasteiger partial charge in [0.1, 0.15) is 6.33 Å². The summed E-state index contributed by atoms with van der Waals surface area (Å²) in [6.07, 6.45) is 3.05. The molecule has 0 aliphatic carbocycles. The average Bonchev–Trinajstić information content (AvgIpc) is 2.37. The summed E-state index contributed by atoms with van der Waals surface area (Å²) in [5, 5.41) is 2.73. The third kappa shape index (κ3) is 2.73. The van der Waals surface area contributed by atoms with Gasteiger partial charge in [0.05, 0.1) is 17.8 Å². The van der Waals surface area contributed by atoms with Crippen LogP contribution in [0.5, 0.6) is 0 Å². The van der Waals surface area contributed by atoms with Crippen LogP contribution in [0.25, 0.3) is 0 Å². The molecule has 0 saturated heterocycles. The van der Waals surface area contributed by atoms with Crippen molar-refractivity contribution in [2.45, 2.75) is 6.54 Å². The molecule has 1 heterocycles. The number of anilines is 2. The van der Waals surface area contributed by atoms with Crippen molar-refractivity contribution in [3.8, 4) is 0 Å². The van der Waals surface area contributed by atoms with Gasteiger partial charge in [-0.1, -0.05) is 0 Å². The topological polar surface area (TPSA) is 107 Å². The van der Waals surface area contributed by atoms with Crippen LogP contribution in [0.4, 0.5) is 11.4 Å². The van der Waals surface area contributed by atoms with Gasteiger partial charge < -0.3 is 16.8 Å². The van der Waals surface area contributed by atoms with Crippen molar-refractivity contribution in [2.24, 2.45) is 0 Å². The third-order valence-corrected chi connectivity index (χ3v) is 2.39. The second kappa shape index (κ2) is 5.13. The van der Waals surface area contributed by atoms with Gasteiger partial charge in [0, 0.05) is 17.6 Å². The summed E-state index contributed by atoms with van der Waals surface area (Å²) < 4.78 is 0. The van der Waals surface area contributed by atoms with Gasteiger partial charge in [-0.2, -0.15) is 0 Å². The Morgan fingerprint density at radius 3 is 2.78 bits per heavy atom. The Hall–Kier alpha value is -2.63. The number of hydrogen-bond donors (Lipinski definition) is 3. The SMILES string of the molecule is Nc1ccc(C(=O)NCc2ccncn2)c(N)c1. The van der Waals surface area contributed by atoms with Crippen LogP contribution in [0.1, 0.15) is 16.1 Å². The van der Waals surface area contributed by atoms with Gasteiger partial charge >= 0.3 is 0 Å². The van der Waals surface area contributed by atoms with E-state index in [-0.39, 0.29) is 5.91 Å². The number of amides is 1.